The van der Waals surface area contributed by atoms with Crippen molar-refractivity contribution in [2.75, 3.05) is 18.0 Å². The van der Waals surface area contributed by atoms with Crippen LogP contribution in [0.1, 0.15) is 33.3 Å². The van der Waals surface area contributed by atoms with Crippen molar-refractivity contribution in [1.29, 1.82) is 0 Å². The zero-order valence-electron chi connectivity index (χ0n) is 23.6. The number of nitro groups is 1. The van der Waals surface area contributed by atoms with Gasteiger partial charge in [-0.05, 0) is 63.6 Å². The van der Waals surface area contributed by atoms with Crippen molar-refractivity contribution in [3.63, 3.8) is 0 Å². The Bertz CT molecular complexity index is 1500. The van der Waals surface area contributed by atoms with Crippen LogP contribution >= 0.6 is 0 Å². The van der Waals surface area contributed by atoms with Gasteiger partial charge in [0.05, 0.1) is 22.6 Å². The van der Waals surface area contributed by atoms with E-state index in [2.05, 4.69) is 5.32 Å². The molecule has 2 amide bonds. The lowest BCUT2D eigenvalue weighted by Crippen LogP contribution is -2.54. The highest BCUT2D eigenvalue weighted by atomic mass is 32.2. The van der Waals surface area contributed by atoms with Gasteiger partial charge < -0.3 is 15.0 Å². The molecular formula is C29H34N4O7S. The number of sulfonamides is 1. The number of nitrogens with one attached hydrogen (secondary N) is 1. The van der Waals surface area contributed by atoms with Gasteiger partial charge in [-0.3, -0.25) is 24.0 Å². The lowest BCUT2D eigenvalue weighted by molar-refractivity contribution is -0.384. The van der Waals surface area contributed by atoms with Crippen molar-refractivity contribution in [1.82, 2.24) is 10.2 Å². The number of carbonyl (C=O) groups excluding carboxylic acids is 2. The van der Waals surface area contributed by atoms with Crippen molar-refractivity contribution in [3.8, 4) is 5.75 Å². The fourth-order valence-electron chi connectivity index (χ4n) is 4.03. The average Bonchev–Trinajstić information content (AvgIpc) is 2.93. The van der Waals surface area contributed by atoms with E-state index < -0.39 is 44.9 Å². The number of nitrogens with zero attached hydrogens (tertiary/aromatic N) is 3. The maximum absolute atomic E-state index is 14.0. The van der Waals surface area contributed by atoms with E-state index in [-0.39, 0.29) is 22.8 Å². The predicted molar refractivity (Wildman–Crippen MR) is 155 cm³/mol. The number of carbonyl (C=O) groups is 2. The van der Waals surface area contributed by atoms with Crippen LogP contribution in [0.4, 0.5) is 11.4 Å². The minimum absolute atomic E-state index is 0.0249. The third-order valence-electron chi connectivity index (χ3n) is 6.09. The summed E-state index contributed by atoms with van der Waals surface area (Å²) in [6.07, 6.45) is 0. The molecule has 41 heavy (non-hydrogen) atoms. The number of nitro benzene ring substituents is 1. The van der Waals surface area contributed by atoms with E-state index in [9.17, 15) is 28.1 Å². The van der Waals surface area contributed by atoms with Crippen LogP contribution in [0.5, 0.6) is 5.75 Å². The number of benzene rings is 3. The largest absolute Gasteiger partial charge is 0.497 e. The molecule has 12 heteroatoms. The Hall–Kier alpha value is -4.45. The molecule has 0 saturated heterocycles. The van der Waals surface area contributed by atoms with E-state index in [1.165, 1.54) is 54.5 Å². The summed E-state index contributed by atoms with van der Waals surface area (Å²) in [5, 5.41) is 14.3. The molecule has 0 aliphatic rings. The minimum Gasteiger partial charge on any atom is -0.497 e. The van der Waals surface area contributed by atoms with E-state index in [4.69, 9.17) is 4.74 Å². The molecule has 0 bridgehead atoms. The Morgan fingerprint density at radius 1 is 1.00 bits per heavy atom. The maximum atomic E-state index is 14.0. The monoisotopic (exact) mass is 582 g/mol. The highest BCUT2D eigenvalue weighted by Crippen LogP contribution is 2.28. The van der Waals surface area contributed by atoms with Gasteiger partial charge in [0.2, 0.25) is 11.8 Å². The minimum atomic E-state index is -4.34. The first-order valence-corrected chi connectivity index (χ1v) is 14.2. The fourth-order valence-corrected chi connectivity index (χ4v) is 5.46. The summed E-state index contributed by atoms with van der Waals surface area (Å²) in [7, 11) is -2.83. The molecule has 0 aromatic heterocycles. The standard InChI is InChI=1S/C29H34N4O7S/c1-21(28(35)30-29(2,3)4)31(19-22-11-9-14-25(17-22)40-5)27(34)20-32(23-12-10-13-24(18-23)33(36)37)41(38,39)26-15-7-6-8-16-26/h6-18,21H,19-20H2,1-5H3,(H,30,35). The summed E-state index contributed by atoms with van der Waals surface area (Å²) in [5.74, 6) is -0.566. The summed E-state index contributed by atoms with van der Waals surface area (Å²) in [5.41, 5.74) is -0.332. The van der Waals surface area contributed by atoms with Crippen molar-refractivity contribution < 1.29 is 27.7 Å². The molecule has 0 aliphatic carbocycles. The SMILES string of the molecule is COc1cccc(CN(C(=O)CN(c2cccc([N+](=O)[O-])c2)S(=O)(=O)c2ccccc2)C(C)C(=O)NC(C)(C)C)c1. The average molecular weight is 583 g/mol. The third-order valence-corrected chi connectivity index (χ3v) is 7.88. The smallest absolute Gasteiger partial charge is 0.271 e. The Morgan fingerprint density at radius 2 is 1.66 bits per heavy atom. The van der Waals surface area contributed by atoms with Crippen LogP contribution in [0.25, 0.3) is 0 Å². The first kappa shape index (κ1) is 31.1. The van der Waals surface area contributed by atoms with E-state index >= 15 is 0 Å². The number of amides is 2. The molecule has 11 nitrogen and oxygen atoms in total. The van der Waals surface area contributed by atoms with Gasteiger partial charge in [-0.1, -0.05) is 36.4 Å². The molecule has 0 spiro atoms. The Kier molecular flexibility index (Phi) is 9.71. The number of hydrogen-bond donors (Lipinski definition) is 1. The number of non-ortho nitro benzene ring substituents is 1. The lowest BCUT2D eigenvalue weighted by Gasteiger charge is -2.33. The van der Waals surface area contributed by atoms with E-state index in [1.807, 2.05) is 20.8 Å². The molecule has 0 aliphatic heterocycles. The van der Waals surface area contributed by atoms with Crippen molar-refractivity contribution >= 4 is 33.2 Å². The molecule has 3 aromatic carbocycles. The van der Waals surface area contributed by atoms with Crippen LogP contribution in [0.15, 0.2) is 83.8 Å². The second-order valence-corrected chi connectivity index (χ2v) is 12.3. The molecule has 1 unspecified atom stereocenters. The van der Waals surface area contributed by atoms with Gasteiger partial charge in [0.1, 0.15) is 18.3 Å². The third kappa shape index (κ3) is 8.04. The molecule has 0 heterocycles. The quantitative estimate of drug-likeness (QED) is 0.265. The van der Waals surface area contributed by atoms with E-state index in [1.54, 1.807) is 37.3 Å². The first-order valence-electron chi connectivity index (χ1n) is 12.8. The highest BCUT2D eigenvalue weighted by molar-refractivity contribution is 7.92. The number of rotatable bonds is 11. The van der Waals surface area contributed by atoms with Gasteiger partial charge in [-0.2, -0.15) is 0 Å². The van der Waals surface area contributed by atoms with Crippen LogP contribution < -0.4 is 14.4 Å². The van der Waals surface area contributed by atoms with Crippen LogP contribution in [-0.4, -0.2) is 55.3 Å². The van der Waals surface area contributed by atoms with Crippen molar-refractivity contribution in [3.05, 3.63) is 94.5 Å². The lowest BCUT2D eigenvalue weighted by atomic mass is 10.1. The molecular weight excluding hydrogens is 548 g/mol. The van der Waals surface area contributed by atoms with Crippen LogP contribution in [0, 0.1) is 10.1 Å². The molecule has 0 radical (unpaired) electrons. The van der Waals surface area contributed by atoms with Crippen LogP contribution in [-0.2, 0) is 26.2 Å². The number of ether oxygens (including phenoxy) is 1. The van der Waals surface area contributed by atoms with E-state index in [0.29, 0.717) is 11.3 Å². The van der Waals surface area contributed by atoms with Gasteiger partial charge in [0.15, 0.2) is 0 Å². The van der Waals surface area contributed by atoms with Crippen molar-refractivity contribution in [2.24, 2.45) is 0 Å². The first-order chi connectivity index (χ1) is 19.2. The Labute approximate surface area is 239 Å². The van der Waals surface area contributed by atoms with Gasteiger partial charge in [-0.25, -0.2) is 8.42 Å². The molecule has 3 rings (SSSR count). The van der Waals surface area contributed by atoms with Gasteiger partial charge in [0, 0.05) is 24.2 Å². The van der Waals surface area contributed by atoms with Gasteiger partial charge >= 0.3 is 0 Å². The summed E-state index contributed by atoms with van der Waals surface area (Å²) < 4.78 is 33.7. The summed E-state index contributed by atoms with van der Waals surface area (Å²) in [4.78, 5) is 39.1. The molecule has 0 fully saturated rings. The molecule has 3 aromatic rings. The highest BCUT2D eigenvalue weighted by Gasteiger charge is 2.33. The van der Waals surface area contributed by atoms with E-state index in [0.717, 1.165) is 10.4 Å². The normalized spacial score (nSPS) is 12.2. The van der Waals surface area contributed by atoms with Crippen LogP contribution in [0.2, 0.25) is 0 Å². The number of methoxy groups -OCH3 is 1. The van der Waals surface area contributed by atoms with Crippen LogP contribution in [0.3, 0.4) is 0 Å². The molecule has 1 atom stereocenters. The second kappa shape index (κ2) is 12.8. The zero-order valence-corrected chi connectivity index (χ0v) is 24.4. The summed E-state index contributed by atoms with van der Waals surface area (Å²) >= 11 is 0. The van der Waals surface area contributed by atoms with Gasteiger partial charge in [0.25, 0.3) is 15.7 Å². The molecule has 1 N–H and O–H groups in total. The molecule has 218 valence electrons. The Balaban J connectivity index is 2.08. The molecule has 0 saturated carbocycles. The van der Waals surface area contributed by atoms with Gasteiger partial charge in [-0.15, -0.1) is 0 Å². The fraction of sp³-hybridized carbons (Fsp3) is 0.310. The summed E-state index contributed by atoms with van der Waals surface area (Å²) in [6.45, 7) is 6.24. The topological polar surface area (TPSA) is 139 Å². The maximum Gasteiger partial charge on any atom is 0.271 e. The number of anilines is 1. The Morgan fingerprint density at radius 3 is 2.27 bits per heavy atom. The summed E-state index contributed by atoms with van der Waals surface area (Å²) in [6, 6.07) is 18.5. The number of hydrogen-bond acceptors (Lipinski definition) is 7. The van der Waals surface area contributed by atoms with Crippen molar-refractivity contribution in [2.45, 2.75) is 50.7 Å². The second-order valence-electron chi connectivity index (χ2n) is 10.4. The zero-order chi connectivity index (χ0) is 30.4. The predicted octanol–water partition coefficient (Wildman–Crippen LogP) is 4.13.